The molecule has 0 aliphatic carbocycles. The summed E-state index contributed by atoms with van der Waals surface area (Å²) >= 11 is 5.74. The Morgan fingerprint density at radius 2 is 1.67 bits per heavy atom. The lowest BCUT2D eigenvalue weighted by Gasteiger charge is -2.19. The molecule has 0 amide bonds. The predicted molar refractivity (Wildman–Crippen MR) is 64.8 cm³/mol. The third kappa shape index (κ3) is 3.07. The quantitative estimate of drug-likeness (QED) is 0.552. The molecule has 2 heteroatoms. The van der Waals surface area contributed by atoms with Crippen LogP contribution in [0.2, 0.25) is 0 Å². The van der Waals surface area contributed by atoms with Gasteiger partial charge in [0.1, 0.15) is 0 Å². The van der Waals surface area contributed by atoms with Gasteiger partial charge in [-0.3, -0.25) is 4.79 Å². The fourth-order valence-electron chi connectivity index (χ4n) is 1.36. The van der Waals surface area contributed by atoms with E-state index >= 15 is 0 Å². The van der Waals surface area contributed by atoms with Crippen LogP contribution >= 0.6 is 11.6 Å². The molecule has 1 rings (SSSR count). The molecule has 0 saturated carbocycles. The molecule has 0 heterocycles. The van der Waals surface area contributed by atoms with E-state index in [0.717, 1.165) is 0 Å². The zero-order valence-electron chi connectivity index (χ0n) is 9.67. The normalized spacial score (nSPS) is 13.7. The molecule has 1 nitrogen and oxygen atoms in total. The second-order valence-corrected chi connectivity index (χ2v) is 5.46. The van der Waals surface area contributed by atoms with Gasteiger partial charge in [-0.1, -0.05) is 45.0 Å². The highest BCUT2D eigenvalue weighted by Gasteiger charge is 2.15. The summed E-state index contributed by atoms with van der Waals surface area (Å²) in [6.07, 6.45) is 0. The van der Waals surface area contributed by atoms with Crippen LogP contribution in [-0.4, -0.2) is 11.2 Å². The van der Waals surface area contributed by atoms with E-state index < -0.39 is 5.38 Å². The SMILES string of the molecule is C[C@@H](Cl)C(=O)c1ccc(C(C)(C)C)cc1. The Kier molecular flexibility index (Phi) is 3.56. The van der Waals surface area contributed by atoms with Gasteiger partial charge in [-0.15, -0.1) is 11.6 Å². The molecule has 82 valence electrons. The van der Waals surface area contributed by atoms with Crippen LogP contribution in [0.4, 0.5) is 0 Å². The average molecular weight is 225 g/mol. The van der Waals surface area contributed by atoms with Crippen LogP contribution in [0.1, 0.15) is 43.6 Å². The molecule has 0 saturated heterocycles. The number of ketones is 1. The molecular formula is C13H17ClO. The lowest BCUT2D eigenvalue weighted by Crippen LogP contribution is -2.13. The van der Waals surface area contributed by atoms with E-state index in [9.17, 15) is 4.79 Å². The lowest BCUT2D eigenvalue weighted by molar-refractivity contribution is 0.0991. The van der Waals surface area contributed by atoms with Crippen LogP contribution in [0.3, 0.4) is 0 Å². The van der Waals surface area contributed by atoms with E-state index in [0.29, 0.717) is 5.56 Å². The molecule has 0 bridgehead atoms. The fourth-order valence-corrected chi connectivity index (χ4v) is 1.49. The second-order valence-electron chi connectivity index (χ2n) is 4.81. The van der Waals surface area contributed by atoms with Crippen LogP contribution < -0.4 is 0 Å². The third-order valence-electron chi connectivity index (χ3n) is 2.40. The van der Waals surface area contributed by atoms with E-state index in [1.54, 1.807) is 6.92 Å². The van der Waals surface area contributed by atoms with E-state index in [2.05, 4.69) is 20.8 Å². The molecule has 0 aliphatic heterocycles. The molecule has 0 spiro atoms. The highest BCUT2D eigenvalue weighted by atomic mass is 35.5. The van der Waals surface area contributed by atoms with Gasteiger partial charge < -0.3 is 0 Å². The van der Waals surface area contributed by atoms with Crippen molar-refractivity contribution in [1.29, 1.82) is 0 Å². The van der Waals surface area contributed by atoms with Crippen LogP contribution in [0.15, 0.2) is 24.3 Å². The molecule has 1 atom stereocenters. The maximum atomic E-state index is 11.6. The zero-order chi connectivity index (χ0) is 11.6. The first kappa shape index (κ1) is 12.3. The Morgan fingerprint density at radius 1 is 1.20 bits per heavy atom. The van der Waals surface area contributed by atoms with E-state index in [-0.39, 0.29) is 11.2 Å². The van der Waals surface area contributed by atoms with Crippen LogP contribution in [0.25, 0.3) is 0 Å². The predicted octanol–water partition coefficient (Wildman–Crippen LogP) is 3.79. The van der Waals surface area contributed by atoms with Gasteiger partial charge in [-0.05, 0) is 17.9 Å². The summed E-state index contributed by atoms with van der Waals surface area (Å²) in [7, 11) is 0. The highest BCUT2D eigenvalue weighted by Crippen LogP contribution is 2.22. The zero-order valence-corrected chi connectivity index (χ0v) is 10.4. The fraction of sp³-hybridized carbons (Fsp3) is 0.462. The van der Waals surface area contributed by atoms with Crippen LogP contribution in [-0.2, 0) is 5.41 Å². The molecule has 0 aromatic heterocycles. The summed E-state index contributed by atoms with van der Waals surface area (Å²) in [5.41, 5.74) is 2.03. The Hall–Kier alpha value is -0.820. The molecule has 1 aromatic carbocycles. The summed E-state index contributed by atoms with van der Waals surface area (Å²) in [5.74, 6) is -0.0166. The van der Waals surface area contributed by atoms with Gasteiger partial charge in [0.05, 0.1) is 5.38 Å². The van der Waals surface area contributed by atoms with E-state index in [4.69, 9.17) is 11.6 Å². The van der Waals surface area contributed by atoms with Crippen molar-refractivity contribution in [2.24, 2.45) is 0 Å². The third-order valence-corrected chi connectivity index (χ3v) is 2.59. The Labute approximate surface area is 96.5 Å². The number of Topliss-reactive ketones (excluding diaryl/α,β-unsaturated/α-hetero) is 1. The number of hydrogen-bond donors (Lipinski definition) is 0. The first-order valence-electron chi connectivity index (χ1n) is 5.11. The van der Waals surface area contributed by atoms with Crippen molar-refractivity contribution in [3.63, 3.8) is 0 Å². The van der Waals surface area contributed by atoms with Gasteiger partial charge in [-0.25, -0.2) is 0 Å². The van der Waals surface area contributed by atoms with Gasteiger partial charge in [-0.2, -0.15) is 0 Å². The molecule has 15 heavy (non-hydrogen) atoms. The molecule has 1 aromatic rings. The number of rotatable bonds is 2. The van der Waals surface area contributed by atoms with Gasteiger partial charge in [0, 0.05) is 5.56 Å². The number of alkyl halides is 1. The smallest absolute Gasteiger partial charge is 0.180 e. The van der Waals surface area contributed by atoms with Crippen molar-refractivity contribution >= 4 is 17.4 Å². The monoisotopic (exact) mass is 224 g/mol. The molecule has 0 fully saturated rings. The molecular weight excluding hydrogens is 208 g/mol. The summed E-state index contributed by atoms with van der Waals surface area (Å²) in [4.78, 5) is 11.6. The largest absolute Gasteiger partial charge is 0.293 e. The molecule has 0 radical (unpaired) electrons. The van der Waals surface area contributed by atoms with Gasteiger partial charge in [0.2, 0.25) is 0 Å². The van der Waals surface area contributed by atoms with Crippen LogP contribution in [0, 0.1) is 0 Å². The van der Waals surface area contributed by atoms with Crippen molar-refractivity contribution in [1.82, 2.24) is 0 Å². The lowest BCUT2D eigenvalue weighted by atomic mass is 9.86. The summed E-state index contributed by atoms with van der Waals surface area (Å²) in [6.45, 7) is 8.14. The van der Waals surface area contributed by atoms with E-state index in [1.165, 1.54) is 5.56 Å². The molecule has 0 aliphatic rings. The maximum absolute atomic E-state index is 11.6. The standard InChI is InChI=1S/C13H17ClO/c1-9(14)12(15)10-5-7-11(8-6-10)13(2,3)4/h5-9H,1-4H3/t9-/m1/s1. The summed E-state index contributed by atoms with van der Waals surface area (Å²) in [5, 5.41) is -0.453. The topological polar surface area (TPSA) is 17.1 Å². The van der Waals surface area contributed by atoms with E-state index in [1.807, 2.05) is 24.3 Å². The number of carbonyl (C=O) groups excluding carboxylic acids is 1. The minimum atomic E-state index is -0.453. The van der Waals surface area contributed by atoms with Crippen molar-refractivity contribution < 1.29 is 4.79 Å². The Morgan fingerprint density at radius 3 is 2.00 bits per heavy atom. The van der Waals surface area contributed by atoms with Crippen LogP contribution in [0.5, 0.6) is 0 Å². The summed E-state index contributed by atoms with van der Waals surface area (Å²) in [6, 6.07) is 7.68. The Bertz CT molecular complexity index is 344. The van der Waals surface area contributed by atoms with Gasteiger partial charge >= 0.3 is 0 Å². The van der Waals surface area contributed by atoms with Crippen molar-refractivity contribution in [2.45, 2.75) is 38.5 Å². The first-order valence-corrected chi connectivity index (χ1v) is 5.55. The highest BCUT2D eigenvalue weighted by molar-refractivity contribution is 6.33. The van der Waals surface area contributed by atoms with Crippen molar-refractivity contribution in [3.8, 4) is 0 Å². The molecule has 0 N–H and O–H groups in total. The maximum Gasteiger partial charge on any atom is 0.180 e. The van der Waals surface area contributed by atoms with Crippen molar-refractivity contribution in [2.75, 3.05) is 0 Å². The number of carbonyl (C=O) groups is 1. The van der Waals surface area contributed by atoms with Crippen molar-refractivity contribution in [3.05, 3.63) is 35.4 Å². The summed E-state index contributed by atoms with van der Waals surface area (Å²) < 4.78 is 0. The Balaban J connectivity index is 2.96. The van der Waals surface area contributed by atoms with Gasteiger partial charge in [0.25, 0.3) is 0 Å². The number of hydrogen-bond acceptors (Lipinski definition) is 1. The first-order chi connectivity index (χ1) is 6.82. The molecule has 0 unspecified atom stereocenters. The second kappa shape index (κ2) is 4.36. The minimum Gasteiger partial charge on any atom is -0.293 e. The van der Waals surface area contributed by atoms with Gasteiger partial charge in [0.15, 0.2) is 5.78 Å². The average Bonchev–Trinajstić information content (AvgIpc) is 2.15. The minimum absolute atomic E-state index is 0.0166. The number of halogens is 1. The number of benzene rings is 1.